The van der Waals surface area contributed by atoms with E-state index in [4.69, 9.17) is 4.74 Å². The van der Waals surface area contributed by atoms with Gasteiger partial charge in [-0.25, -0.2) is 4.68 Å². The van der Waals surface area contributed by atoms with Crippen LogP contribution in [0.4, 0.5) is 0 Å². The van der Waals surface area contributed by atoms with Crippen LogP contribution in [0.5, 0.6) is 5.75 Å². The summed E-state index contributed by atoms with van der Waals surface area (Å²) < 4.78 is 8.59. The van der Waals surface area contributed by atoms with Crippen molar-refractivity contribution in [3.8, 4) is 11.4 Å². The predicted octanol–water partition coefficient (Wildman–Crippen LogP) is 4.21. The molecule has 3 rings (SSSR count). The number of rotatable bonds is 4. The Morgan fingerprint density at radius 2 is 1.70 bits per heavy atom. The molecule has 0 radical (unpaired) electrons. The van der Waals surface area contributed by atoms with Crippen molar-refractivity contribution in [1.29, 1.82) is 0 Å². The maximum atomic E-state index is 5.70. The van der Waals surface area contributed by atoms with E-state index >= 15 is 0 Å². The van der Waals surface area contributed by atoms with Gasteiger partial charge < -0.3 is 4.74 Å². The quantitative estimate of drug-likeness (QED) is 0.717. The van der Waals surface area contributed by atoms with Gasteiger partial charge in [-0.3, -0.25) is 0 Å². The van der Waals surface area contributed by atoms with Crippen LogP contribution in [0.15, 0.2) is 71.3 Å². The van der Waals surface area contributed by atoms with Crippen molar-refractivity contribution in [2.45, 2.75) is 6.61 Å². The monoisotopic (exact) mass is 328 g/mol. The summed E-state index contributed by atoms with van der Waals surface area (Å²) in [6.45, 7) is 0.460. The van der Waals surface area contributed by atoms with E-state index in [1.165, 1.54) is 0 Å². The molecule has 0 bridgehead atoms. The number of hydrogen-bond acceptors (Lipinski definition) is 2. The van der Waals surface area contributed by atoms with Crippen molar-refractivity contribution in [3.05, 3.63) is 77.0 Å². The van der Waals surface area contributed by atoms with Crippen molar-refractivity contribution in [1.82, 2.24) is 9.78 Å². The number of benzene rings is 2. The molecule has 2 aromatic carbocycles. The molecule has 4 heteroatoms. The normalized spacial score (nSPS) is 10.4. The van der Waals surface area contributed by atoms with E-state index in [9.17, 15) is 0 Å². The lowest BCUT2D eigenvalue weighted by atomic mass is 10.3. The molecule has 1 aromatic heterocycles. The van der Waals surface area contributed by atoms with Crippen LogP contribution in [0.3, 0.4) is 0 Å². The fraction of sp³-hybridized carbons (Fsp3) is 0.0625. The fourth-order valence-corrected chi connectivity index (χ4v) is 2.12. The summed E-state index contributed by atoms with van der Waals surface area (Å²) in [5.41, 5.74) is 1.94. The molecule has 0 aliphatic carbocycles. The Labute approximate surface area is 125 Å². The SMILES string of the molecule is Brc1ccc(OCc2ccn(-c3ccccc3)n2)cc1. The highest BCUT2D eigenvalue weighted by atomic mass is 79.9. The molecule has 0 saturated heterocycles. The van der Waals surface area contributed by atoms with Crippen molar-refractivity contribution >= 4 is 15.9 Å². The summed E-state index contributed by atoms with van der Waals surface area (Å²) in [7, 11) is 0. The van der Waals surface area contributed by atoms with Gasteiger partial charge in [0, 0.05) is 10.7 Å². The zero-order valence-electron chi connectivity index (χ0n) is 10.7. The molecule has 3 nitrogen and oxygen atoms in total. The zero-order chi connectivity index (χ0) is 13.8. The van der Waals surface area contributed by atoms with Crippen LogP contribution in [0, 0.1) is 0 Å². The minimum absolute atomic E-state index is 0.460. The van der Waals surface area contributed by atoms with Crippen molar-refractivity contribution in [2.24, 2.45) is 0 Å². The van der Waals surface area contributed by atoms with Crippen LogP contribution in [0.25, 0.3) is 5.69 Å². The summed E-state index contributed by atoms with van der Waals surface area (Å²) >= 11 is 3.40. The van der Waals surface area contributed by atoms with Gasteiger partial charge in [0.2, 0.25) is 0 Å². The maximum absolute atomic E-state index is 5.70. The maximum Gasteiger partial charge on any atom is 0.132 e. The minimum Gasteiger partial charge on any atom is -0.487 e. The second-order valence-corrected chi connectivity index (χ2v) is 5.25. The van der Waals surface area contributed by atoms with E-state index in [1.807, 2.05) is 71.5 Å². The first-order valence-electron chi connectivity index (χ1n) is 6.29. The molecule has 1 heterocycles. The topological polar surface area (TPSA) is 27.1 Å². The van der Waals surface area contributed by atoms with E-state index in [-0.39, 0.29) is 0 Å². The Bertz CT molecular complexity index is 677. The van der Waals surface area contributed by atoms with Crippen LogP contribution in [-0.4, -0.2) is 9.78 Å². The van der Waals surface area contributed by atoms with Crippen LogP contribution < -0.4 is 4.74 Å². The summed E-state index contributed by atoms with van der Waals surface area (Å²) in [6.07, 6.45) is 1.94. The predicted molar refractivity (Wildman–Crippen MR) is 82.0 cm³/mol. The lowest BCUT2D eigenvalue weighted by molar-refractivity contribution is 0.300. The fourth-order valence-electron chi connectivity index (χ4n) is 1.85. The molecule has 0 atom stereocenters. The number of para-hydroxylation sites is 1. The van der Waals surface area contributed by atoms with Gasteiger partial charge in [-0.1, -0.05) is 34.1 Å². The Morgan fingerprint density at radius 1 is 0.950 bits per heavy atom. The van der Waals surface area contributed by atoms with E-state index in [2.05, 4.69) is 21.0 Å². The third-order valence-electron chi connectivity index (χ3n) is 2.87. The van der Waals surface area contributed by atoms with Crippen molar-refractivity contribution < 1.29 is 4.74 Å². The highest BCUT2D eigenvalue weighted by Gasteiger charge is 2.02. The van der Waals surface area contributed by atoms with Crippen molar-refractivity contribution in [3.63, 3.8) is 0 Å². The standard InChI is InChI=1S/C16H13BrN2O/c17-13-6-8-16(9-7-13)20-12-14-10-11-19(18-14)15-4-2-1-3-5-15/h1-11H,12H2. The molecule has 0 amide bonds. The van der Waals surface area contributed by atoms with Crippen LogP contribution in [-0.2, 0) is 6.61 Å². The summed E-state index contributed by atoms with van der Waals surface area (Å²) in [5.74, 6) is 0.836. The van der Waals surface area contributed by atoms with Crippen LogP contribution in [0.1, 0.15) is 5.69 Å². The Morgan fingerprint density at radius 3 is 2.45 bits per heavy atom. The van der Waals surface area contributed by atoms with E-state index in [0.29, 0.717) is 6.61 Å². The Kier molecular flexibility index (Phi) is 3.83. The van der Waals surface area contributed by atoms with Gasteiger partial charge in [-0.15, -0.1) is 0 Å². The van der Waals surface area contributed by atoms with Gasteiger partial charge in [0.25, 0.3) is 0 Å². The molecule has 0 N–H and O–H groups in total. The smallest absolute Gasteiger partial charge is 0.132 e. The first kappa shape index (κ1) is 12.9. The summed E-state index contributed by atoms with van der Waals surface area (Å²) in [6, 6.07) is 19.8. The second kappa shape index (κ2) is 5.92. The number of aromatic nitrogens is 2. The van der Waals surface area contributed by atoms with E-state index in [0.717, 1.165) is 21.6 Å². The molecular weight excluding hydrogens is 316 g/mol. The average molecular weight is 329 g/mol. The molecular formula is C16H13BrN2O. The molecule has 0 aliphatic rings. The van der Waals surface area contributed by atoms with Gasteiger partial charge in [0.15, 0.2) is 0 Å². The average Bonchev–Trinajstić information content (AvgIpc) is 2.97. The summed E-state index contributed by atoms with van der Waals surface area (Å²) in [5, 5.41) is 4.50. The molecule has 0 unspecified atom stereocenters. The van der Waals surface area contributed by atoms with Crippen LogP contribution in [0.2, 0.25) is 0 Å². The largest absolute Gasteiger partial charge is 0.487 e. The first-order valence-corrected chi connectivity index (χ1v) is 7.09. The minimum atomic E-state index is 0.460. The lowest BCUT2D eigenvalue weighted by Crippen LogP contribution is -1.99. The van der Waals surface area contributed by atoms with Gasteiger partial charge in [0.05, 0.1) is 5.69 Å². The summed E-state index contributed by atoms with van der Waals surface area (Å²) in [4.78, 5) is 0. The van der Waals surface area contributed by atoms with Crippen LogP contribution >= 0.6 is 15.9 Å². The first-order chi connectivity index (χ1) is 9.81. The molecule has 0 saturated carbocycles. The third kappa shape index (κ3) is 3.08. The van der Waals surface area contributed by atoms with E-state index < -0.39 is 0 Å². The molecule has 0 aliphatic heterocycles. The zero-order valence-corrected chi connectivity index (χ0v) is 12.3. The Hall–Kier alpha value is -2.07. The molecule has 100 valence electrons. The second-order valence-electron chi connectivity index (χ2n) is 4.33. The molecule has 0 fully saturated rings. The van der Waals surface area contributed by atoms with Gasteiger partial charge in [-0.2, -0.15) is 5.10 Å². The number of hydrogen-bond donors (Lipinski definition) is 0. The molecule has 3 aromatic rings. The van der Waals surface area contributed by atoms with Gasteiger partial charge >= 0.3 is 0 Å². The number of ether oxygens (including phenoxy) is 1. The Balaban J connectivity index is 1.67. The molecule has 0 spiro atoms. The lowest BCUT2D eigenvalue weighted by Gasteiger charge is -2.04. The highest BCUT2D eigenvalue weighted by Crippen LogP contribution is 2.17. The highest BCUT2D eigenvalue weighted by molar-refractivity contribution is 9.10. The van der Waals surface area contributed by atoms with Crippen molar-refractivity contribution in [2.75, 3.05) is 0 Å². The van der Waals surface area contributed by atoms with Gasteiger partial charge in [0.1, 0.15) is 18.1 Å². The molecule has 20 heavy (non-hydrogen) atoms. The van der Waals surface area contributed by atoms with Gasteiger partial charge in [-0.05, 0) is 42.5 Å². The number of halogens is 1. The third-order valence-corrected chi connectivity index (χ3v) is 3.39. The van der Waals surface area contributed by atoms with E-state index in [1.54, 1.807) is 0 Å². The number of nitrogens with zero attached hydrogens (tertiary/aromatic N) is 2.